The fourth-order valence-electron chi connectivity index (χ4n) is 3.02. The van der Waals surface area contributed by atoms with E-state index in [1.54, 1.807) is 10.6 Å². The molecule has 3 aromatic carbocycles. The Balaban J connectivity index is 1.80. The van der Waals surface area contributed by atoms with Gasteiger partial charge in [-0.3, -0.25) is 14.7 Å². The van der Waals surface area contributed by atoms with Gasteiger partial charge in [0, 0.05) is 28.9 Å². The molecule has 0 unspecified atom stereocenters. The molecule has 0 fully saturated rings. The number of hydrogen-bond donors (Lipinski definition) is 0. The van der Waals surface area contributed by atoms with Crippen LogP contribution in [0.15, 0.2) is 64.8 Å². The lowest BCUT2D eigenvalue weighted by Crippen LogP contribution is -1.87. The average molecular weight is 409 g/mol. The van der Waals surface area contributed by atoms with E-state index in [4.69, 9.17) is 29.6 Å². The molecule has 0 N–H and O–H groups in total. The van der Waals surface area contributed by atoms with E-state index in [1.807, 2.05) is 36.4 Å². The van der Waals surface area contributed by atoms with Crippen LogP contribution in [0.3, 0.4) is 0 Å². The van der Waals surface area contributed by atoms with Crippen LogP contribution in [0.25, 0.3) is 21.8 Å². The largest absolute Gasteiger partial charge is 0.272 e. The second-order valence-electron chi connectivity index (χ2n) is 5.90. The number of non-ortho nitro benzene ring substituents is 1. The topological polar surface area (TPSA) is 72.8 Å². The number of fused-ring (bicyclic) bond motifs is 3. The van der Waals surface area contributed by atoms with Crippen LogP contribution in [-0.2, 0) is 0 Å². The standard InChI is InChI=1S/C20H10Cl2N4O2/c1-2-25-18-6-4-3-5-14(18)15-8-7-12(9-19(15)25)23-24-20-16(21)10-13(26(27)28)11-17(20)22/h1,3-11H. The first kappa shape index (κ1) is 18.0. The van der Waals surface area contributed by atoms with E-state index in [2.05, 4.69) is 16.3 Å². The minimum absolute atomic E-state index is 0.0433. The molecule has 0 radical (unpaired) electrons. The summed E-state index contributed by atoms with van der Waals surface area (Å²) in [7, 11) is 0. The Bertz CT molecular complexity index is 1310. The Morgan fingerprint density at radius 1 is 0.964 bits per heavy atom. The Kier molecular flexibility index (Phi) is 4.47. The SMILES string of the molecule is C#Cn1c2ccccc2c2ccc(N=Nc3c(Cl)cc([N+](=O)[O-])cc3Cl)cc21. The highest BCUT2D eigenvalue weighted by Gasteiger charge is 2.15. The maximum absolute atomic E-state index is 10.9. The van der Waals surface area contributed by atoms with E-state index in [9.17, 15) is 10.1 Å². The quantitative estimate of drug-likeness (QED) is 0.160. The number of benzene rings is 3. The highest BCUT2D eigenvalue weighted by molar-refractivity contribution is 6.39. The zero-order chi connectivity index (χ0) is 19.8. The van der Waals surface area contributed by atoms with Crippen molar-refractivity contribution in [2.45, 2.75) is 0 Å². The average Bonchev–Trinajstić information content (AvgIpc) is 3.00. The van der Waals surface area contributed by atoms with Crippen LogP contribution in [0.5, 0.6) is 0 Å². The summed E-state index contributed by atoms with van der Waals surface area (Å²) < 4.78 is 1.75. The molecule has 8 heteroatoms. The van der Waals surface area contributed by atoms with Gasteiger partial charge in [0.2, 0.25) is 0 Å². The zero-order valence-electron chi connectivity index (χ0n) is 14.1. The van der Waals surface area contributed by atoms with E-state index >= 15 is 0 Å². The lowest BCUT2D eigenvalue weighted by molar-refractivity contribution is -0.384. The molecule has 1 heterocycles. The maximum Gasteiger partial charge on any atom is 0.272 e. The van der Waals surface area contributed by atoms with Crippen molar-refractivity contribution in [1.82, 2.24) is 4.57 Å². The summed E-state index contributed by atoms with van der Waals surface area (Å²) >= 11 is 12.1. The van der Waals surface area contributed by atoms with Crippen molar-refractivity contribution in [3.63, 3.8) is 0 Å². The van der Waals surface area contributed by atoms with Crippen LogP contribution < -0.4 is 0 Å². The van der Waals surface area contributed by atoms with Crippen LogP contribution in [0.1, 0.15) is 0 Å². The molecule has 0 aliphatic carbocycles. The number of para-hydroxylation sites is 1. The normalized spacial score (nSPS) is 11.3. The molecule has 0 bridgehead atoms. The van der Waals surface area contributed by atoms with Crippen molar-refractivity contribution in [2.24, 2.45) is 10.2 Å². The Hall–Kier alpha value is -3.40. The molecule has 0 aliphatic heterocycles. The van der Waals surface area contributed by atoms with E-state index < -0.39 is 4.92 Å². The first-order valence-electron chi connectivity index (χ1n) is 8.04. The minimum Gasteiger partial charge on any atom is -0.269 e. The smallest absolute Gasteiger partial charge is 0.269 e. The number of nitro groups is 1. The molecule has 4 rings (SSSR count). The number of hydrogen-bond acceptors (Lipinski definition) is 4. The van der Waals surface area contributed by atoms with Crippen LogP contribution in [-0.4, -0.2) is 9.49 Å². The van der Waals surface area contributed by atoms with Gasteiger partial charge in [0.25, 0.3) is 5.69 Å². The Labute approximate surface area is 169 Å². The first-order valence-corrected chi connectivity index (χ1v) is 8.80. The lowest BCUT2D eigenvalue weighted by atomic mass is 10.1. The number of nitrogens with zero attached hydrogens (tertiary/aromatic N) is 4. The predicted octanol–water partition coefficient (Wildman–Crippen LogP) is 6.86. The summed E-state index contributed by atoms with van der Waals surface area (Å²) in [5.74, 6) is 0. The molecule has 28 heavy (non-hydrogen) atoms. The van der Waals surface area contributed by atoms with Crippen molar-refractivity contribution in [1.29, 1.82) is 0 Å². The third-order valence-electron chi connectivity index (χ3n) is 4.26. The fourth-order valence-corrected chi connectivity index (χ4v) is 3.57. The molecule has 6 nitrogen and oxygen atoms in total. The van der Waals surface area contributed by atoms with Crippen molar-refractivity contribution in [2.75, 3.05) is 0 Å². The van der Waals surface area contributed by atoms with Crippen molar-refractivity contribution in [3.05, 3.63) is 74.8 Å². The van der Waals surface area contributed by atoms with Gasteiger partial charge in [0.05, 0.1) is 31.7 Å². The molecule has 1 aromatic heterocycles. The zero-order valence-corrected chi connectivity index (χ0v) is 15.6. The lowest BCUT2D eigenvalue weighted by Gasteiger charge is -2.01. The summed E-state index contributed by atoms with van der Waals surface area (Å²) in [4.78, 5) is 10.3. The molecule has 0 saturated carbocycles. The highest BCUT2D eigenvalue weighted by atomic mass is 35.5. The summed E-state index contributed by atoms with van der Waals surface area (Å²) in [6.07, 6.45) is 5.69. The van der Waals surface area contributed by atoms with Gasteiger partial charge in [-0.1, -0.05) is 47.8 Å². The minimum atomic E-state index is -0.578. The van der Waals surface area contributed by atoms with E-state index in [1.165, 1.54) is 12.1 Å². The van der Waals surface area contributed by atoms with Crippen molar-refractivity contribution >= 4 is 62.1 Å². The van der Waals surface area contributed by atoms with Crippen LogP contribution in [0.2, 0.25) is 10.0 Å². The third kappa shape index (κ3) is 2.97. The van der Waals surface area contributed by atoms with E-state index in [0.29, 0.717) is 5.69 Å². The molecule has 0 saturated heterocycles. The van der Waals surface area contributed by atoms with E-state index in [0.717, 1.165) is 21.8 Å². The molecule has 4 aromatic rings. The number of azo groups is 1. The van der Waals surface area contributed by atoms with Gasteiger partial charge >= 0.3 is 0 Å². The van der Waals surface area contributed by atoms with Crippen LogP contribution >= 0.6 is 23.2 Å². The number of halogens is 2. The Morgan fingerprint density at radius 2 is 1.64 bits per heavy atom. The summed E-state index contributed by atoms with van der Waals surface area (Å²) in [6, 6.07) is 18.4. The number of nitro benzene ring substituents is 1. The number of aromatic nitrogens is 1. The van der Waals surface area contributed by atoms with Gasteiger partial charge in [-0.25, -0.2) is 0 Å². The fraction of sp³-hybridized carbons (Fsp3) is 0. The first-order chi connectivity index (χ1) is 13.5. The van der Waals surface area contributed by atoms with Gasteiger partial charge in [-0.2, -0.15) is 5.11 Å². The van der Waals surface area contributed by atoms with Crippen molar-refractivity contribution < 1.29 is 4.92 Å². The second-order valence-corrected chi connectivity index (χ2v) is 6.71. The molecule has 136 valence electrons. The number of rotatable bonds is 3. The maximum atomic E-state index is 10.9. The second kappa shape index (κ2) is 6.97. The van der Waals surface area contributed by atoms with Gasteiger partial charge in [0.1, 0.15) is 5.69 Å². The van der Waals surface area contributed by atoms with E-state index in [-0.39, 0.29) is 21.4 Å². The highest BCUT2D eigenvalue weighted by Crippen LogP contribution is 2.38. The molecular formula is C20H10Cl2N4O2. The van der Waals surface area contributed by atoms with Gasteiger partial charge < -0.3 is 0 Å². The summed E-state index contributed by atoms with van der Waals surface area (Å²) in [5.41, 5.74) is 2.23. The summed E-state index contributed by atoms with van der Waals surface area (Å²) in [5, 5.41) is 21.2. The monoisotopic (exact) mass is 408 g/mol. The molecule has 0 atom stereocenters. The molecule has 0 spiro atoms. The third-order valence-corrected chi connectivity index (χ3v) is 4.84. The summed E-state index contributed by atoms with van der Waals surface area (Å²) in [6.45, 7) is 0. The van der Waals surface area contributed by atoms with Crippen molar-refractivity contribution in [3.8, 4) is 12.5 Å². The molecule has 0 aliphatic rings. The predicted molar refractivity (Wildman–Crippen MR) is 111 cm³/mol. The van der Waals surface area contributed by atoms with Gasteiger partial charge in [-0.05, 0) is 24.3 Å². The van der Waals surface area contributed by atoms with Gasteiger partial charge in [-0.15, -0.1) is 5.11 Å². The Morgan fingerprint density at radius 3 is 2.32 bits per heavy atom. The number of terminal acetylenes is 1. The van der Waals surface area contributed by atoms with Crippen LogP contribution in [0, 0.1) is 22.6 Å². The van der Waals surface area contributed by atoms with Gasteiger partial charge in [0.15, 0.2) is 0 Å². The van der Waals surface area contributed by atoms with Crippen LogP contribution in [0.4, 0.5) is 17.1 Å². The molecule has 0 amide bonds. The molecular weight excluding hydrogens is 399 g/mol.